The monoisotopic (exact) mass is 514 g/mol. The van der Waals surface area contributed by atoms with Crippen LogP contribution in [0.3, 0.4) is 0 Å². The maximum atomic E-state index is 12.3. The van der Waals surface area contributed by atoms with Crippen molar-refractivity contribution >= 4 is 23.2 Å². The van der Waals surface area contributed by atoms with E-state index in [1.807, 2.05) is 45.0 Å². The van der Waals surface area contributed by atoms with Crippen molar-refractivity contribution in [3.63, 3.8) is 0 Å². The number of anilines is 2. The van der Waals surface area contributed by atoms with Crippen molar-refractivity contribution in [3.8, 4) is 0 Å². The zero-order valence-corrected chi connectivity index (χ0v) is 24.8. The second kappa shape index (κ2) is 21.1. The van der Waals surface area contributed by atoms with Crippen LogP contribution in [0.1, 0.15) is 156 Å². The Morgan fingerprint density at radius 3 is 1.38 bits per heavy atom. The Labute approximate surface area is 229 Å². The number of carbonyl (C=O) groups excluding carboxylic acids is 2. The average Bonchev–Trinajstić information content (AvgIpc) is 2.85. The van der Waals surface area contributed by atoms with Crippen molar-refractivity contribution in [2.45, 2.75) is 156 Å². The molecule has 0 spiro atoms. The van der Waals surface area contributed by atoms with Gasteiger partial charge in [-0.1, -0.05) is 149 Å². The average molecular weight is 515 g/mol. The lowest BCUT2D eigenvalue weighted by Gasteiger charge is -2.18. The third-order valence-corrected chi connectivity index (χ3v) is 7.09. The Morgan fingerprint density at radius 1 is 0.595 bits per heavy atom. The first-order chi connectivity index (χ1) is 17.8. The molecular formula is C33H58N2O2. The quantitative estimate of drug-likeness (QED) is 0.151. The van der Waals surface area contributed by atoms with E-state index in [-0.39, 0.29) is 11.8 Å². The number of carbonyl (C=O) groups is 2. The first-order valence-corrected chi connectivity index (χ1v) is 15.5. The Morgan fingerprint density at radius 2 is 0.973 bits per heavy atom. The van der Waals surface area contributed by atoms with E-state index in [2.05, 4.69) is 17.6 Å². The van der Waals surface area contributed by atoms with Crippen LogP contribution in [0.25, 0.3) is 0 Å². The molecule has 212 valence electrons. The van der Waals surface area contributed by atoms with Gasteiger partial charge in [0, 0.05) is 23.2 Å². The smallest absolute Gasteiger partial charge is 0.229 e. The zero-order valence-electron chi connectivity index (χ0n) is 24.8. The van der Waals surface area contributed by atoms with Crippen molar-refractivity contribution in [2.24, 2.45) is 5.41 Å². The van der Waals surface area contributed by atoms with E-state index in [0.29, 0.717) is 12.1 Å². The molecule has 1 rings (SSSR count). The highest BCUT2D eigenvalue weighted by atomic mass is 16.2. The highest BCUT2D eigenvalue weighted by Crippen LogP contribution is 2.20. The van der Waals surface area contributed by atoms with Gasteiger partial charge < -0.3 is 10.6 Å². The third-order valence-electron chi connectivity index (χ3n) is 7.09. The fraction of sp³-hybridized carbons (Fsp3) is 0.758. The van der Waals surface area contributed by atoms with E-state index >= 15 is 0 Å². The summed E-state index contributed by atoms with van der Waals surface area (Å²) >= 11 is 0. The molecular weight excluding hydrogens is 456 g/mol. The second-order valence-corrected chi connectivity index (χ2v) is 11.9. The predicted molar refractivity (Wildman–Crippen MR) is 161 cm³/mol. The number of hydrogen-bond donors (Lipinski definition) is 2. The van der Waals surface area contributed by atoms with Crippen LogP contribution in [0.2, 0.25) is 0 Å². The van der Waals surface area contributed by atoms with Gasteiger partial charge in [0.1, 0.15) is 0 Å². The van der Waals surface area contributed by atoms with Crippen molar-refractivity contribution in [2.75, 3.05) is 10.6 Å². The van der Waals surface area contributed by atoms with Crippen LogP contribution in [-0.2, 0) is 9.59 Å². The fourth-order valence-corrected chi connectivity index (χ4v) is 4.58. The van der Waals surface area contributed by atoms with Gasteiger partial charge in [-0.05, 0) is 24.6 Å². The molecule has 1 aromatic rings. The van der Waals surface area contributed by atoms with E-state index in [9.17, 15) is 9.59 Å². The highest BCUT2D eigenvalue weighted by Gasteiger charge is 2.21. The minimum atomic E-state index is -0.453. The number of amides is 2. The third kappa shape index (κ3) is 19.0. The number of rotatable bonds is 22. The maximum absolute atomic E-state index is 12.3. The summed E-state index contributed by atoms with van der Waals surface area (Å²) in [5.41, 5.74) is 0.988. The molecule has 2 amide bonds. The van der Waals surface area contributed by atoms with Gasteiger partial charge in [0.2, 0.25) is 11.8 Å². The first-order valence-electron chi connectivity index (χ1n) is 15.5. The molecule has 0 aliphatic rings. The molecule has 2 N–H and O–H groups in total. The number of unbranched alkanes of at least 4 members (excludes halogenated alkanes) is 18. The molecule has 37 heavy (non-hydrogen) atoms. The molecule has 0 aromatic heterocycles. The maximum Gasteiger partial charge on any atom is 0.229 e. The topological polar surface area (TPSA) is 58.2 Å². The number of hydrogen-bond acceptors (Lipinski definition) is 2. The lowest BCUT2D eigenvalue weighted by molar-refractivity contribution is -0.123. The molecule has 0 bridgehead atoms. The van der Waals surface area contributed by atoms with E-state index in [4.69, 9.17) is 0 Å². The van der Waals surface area contributed by atoms with E-state index in [1.165, 1.54) is 109 Å². The highest BCUT2D eigenvalue weighted by molar-refractivity contribution is 5.96. The largest absolute Gasteiger partial charge is 0.326 e. The van der Waals surface area contributed by atoms with Crippen LogP contribution in [-0.4, -0.2) is 11.8 Å². The summed E-state index contributed by atoms with van der Waals surface area (Å²) in [5, 5.41) is 5.87. The molecule has 0 heterocycles. The van der Waals surface area contributed by atoms with Crippen LogP contribution in [0.15, 0.2) is 24.3 Å². The molecule has 4 heteroatoms. The lowest BCUT2D eigenvalue weighted by Crippen LogP contribution is -2.27. The Bertz CT molecular complexity index is 723. The van der Waals surface area contributed by atoms with Crippen LogP contribution >= 0.6 is 0 Å². The Hall–Kier alpha value is -1.84. The molecule has 0 fully saturated rings. The summed E-state index contributed by atoms with van der Waals surface area (Å²) in [4.78, 5) is 24.5. The van der Waals surface area contributed by atoms with E-state index in [0.717, 1.165) is 18.5 Å². The van der Waals surface area contributed by atoms with Gasteiger partial charge in [-0.2, -0.15) is 0 Å². The molecule has 0 atom stereocenters. The summed E-state index contributed by atoms with van der Waals surface area (Å²) < 4.78 is 0. The number of benzene rings is 1. The lowest BCUT2D eigenvalue weighted by atomic mass is 9.95. The molecule has 0 aliphatic heterocycles. The van der Waals surface area contributed by atoms with Crippen LogP contribution in [0.5, 0.6) is 0 Å². The minimum absolute atomic E-state index is 0.0370. The predicted octanol–water partition coefficient (Wildman–Crippen LogP) is 10.4. The summed E-state index contributed by atoms with van der Waals surface area (Å²) in [6, 6.07) is 7.38. The summed E-state index contributed by atoms with van der Waals surface area (Å²) in [6.07, 6.45) is 26.3. The van der Waals surface area contributed by atoms with Gasteiger partial charge in [0.25, 0.3) is 0 Å². The Kier molecular flexibility index (Phi) is 19.0. The fourth-order valence-electron chi connectivity index (χ4n) is 4.58. The molecule has 0 saturated carbocycles. The van der Waals surface area contributed by atoms with Gasteiger partial charge in [0.05, 0.1) is 0 Å². The van der Waals surface area contributed by atoms with Crippen LogP contribution in [0, 0.1) is 5.41 Å². The molecule has 0 radical (unpaired) electrons. The number of nitrogens with one attached hydrogen (secondary N) is 2. The van der Waals surface area contributed by atoms with Crippen LogP contribution < -0.4 is 10.6 Å². The summed E-state index contributed by atoms with van der Waals surface area (Å²) in [6.45, 7) is 7.93. The van der Waals surface area contributed by atoms with Crippen molar-refractivity contribution < 1.29 is 9.59 Å². The summed E-state index contributed by atoms with van der Waals surface area (Å²) in [5.74, 6) is 0.0105. The van der Waals surface area contributed by atoms with Gasteiger partial charge >= 0.3 is 0 Å². The summed E-state index contributed by atoms with van der Waals surface area (Å²) in [7, 11) is 0. The van der Waals surface area contributed by atoms with Crippen LogP contribution in [0.4, 0.5) is 11.4 Å². The van der Waals surface area contributed by atoms with E-state index in [1.54, 1.807) is 0 Å². The minimum Gasteiger partial charge on any atom is -0.326 e. The molecule has 1 aromatic carbocycles. The van der Waals surface area contributed by atoms with Crippen molar-refractivity contribution in [1.29, 1.82) is 0 Å². The van der Waals surface area contributed by atoms with Gasteiger partial charge in [0.15, 0.2) is 0 Å². The van der Waals surface area contributed by atoms with Gasteiger partial charge in [-0.25, -0.2) is 0 Å². The van der Waals surface area contributed by atoms with Gasteiger partial charge in [-0.15, -0.1) is 0 Å². The Balaban J connectivity index is 1.93. The molecule has 0 saturated heterocycles. The molecule has 4 nitrogen and oxygen atoms in total. The van der Waals surface area contributed by atoms with Gasteiger partial charge in [-0.3, -0.25) is 9.59 Å². The molecule has 0 aliphatic carbocycles. The second-order valence-electron chi connectivity index (χ2n) is 11.9. The first kappa shape index (κ1) is 33.2. The normalized spacial score (nSPS) is 11.5. The molecule has 0 unspecified atom stereocenters. The van der Waals surface area contributed by atoms with Crippen molar-refractivity contribution in [3.05, 3.63) is 24.3 Å². The zero-order chi connectivity index (χ0) is 27.2. The van der Waals surface area contributed by atoms with Crippen molar-refractivity contribution in [1.82, 2.24) is 0 Å². The standard InChI is InChI=1S/C33H58N2O2/c1-5-6-7-8-9-10-11-12-13-14-15-16-17-18-19-20-21-22-23-27-31(36)34-29-25-24-26-30(28-29)35-32(37)33(2,3)4/h24-26,28H,5-23,27H2,1-4H3,(H,34,36)(H,35,37). The SMILES string of the molecule is CCCCCCCCCCCCCCCCCCCCCC(=O)Nc1cccc(NC(=O)C(C)(C)C)c1. The van der Waals surface area contributed by atoms with E-state index < -0.39 is 5.41 Å².